The van der Waals surface area contributed by atoms with E-state index in [0.29, 0.717) is 16.6 Å². The molecule has 1 saturated heterocycles. The zero-order valence-electron chi connectivity index (χ0n) is 11.9. The van der Waals surface area contributed by atoms with Gasteiger partial charge in [-0.2, -0.15) is 0 Å². The number of nitrogens with two attached hydrogens (primary N) is 1. The maximum absolute atomic E-state index is 8.71. The van der Waals surface area contributed by atoms with Gasteiger partial charge in [-0.25, -0.2) is 0 Å². The standard InChI is InChI=1S/C14H21ClN4O/c1-3-18-6-7-19(9-10(18)2)11-4-5-12(13(15)8-11)14(16)17-20/h4-5,8,10,20H,3,6-7,9H2,1-2H3,(H2,16,17). The van der Waals surface area contributed by atoms with Crippen LogP contribution in [-0.4, -0.2) is 48.2 Å². The number of oxime groups is 1. The lowest BCUT2D eigenvalue weighted by atomic mass is 10.1. The van der Waals surface area contributed by atoms with Gasteiger partial charge in [-0.1, -0.05) is 23.7 Å². The number of nitrogens with zero attached hydrogens (tertiary/aromatic N) is 3. The number of amidine groups is 1. The molecule has 1 aromatic rings. The van der Waals surface area contributed by atoms with Crippen LogP contribution in [-0.2, 0) is 0 Å². The van der Waals surface area contributed by atoms with Crippen LogP contribution in [0.2, 0.25) is 5.02 Å². The first kappa shape index (κ1) is 14.9. The zero-order chi connectivity index (χ0) is 14.7. The fourth-order valence-corrected chi connectivity index (χ4v) is 2.93. The molecule has 5 nitrogen and oxygen atoms in total. The Hall–Kier alpha value is -1.46. The Labute approximate surface area is 124 Å². The summed E-state index contributed by atoms with van der Waals surface area (Å²) >= 11 is 6.21. The van der Waals surface area contributed by atoms with E-state index in [2.05, 4.69) is 28.8 Å². The molecule has 1 heterocycles. The summed E-state index contributed by atoms with van der Waals surface area (Å²) < 4.78 is 0. The highest BCUT2D eigenvalue weighted by molar-refractivity contribution is 6.34. The van der Waals surface area contributed by atoms with Crippen LogP contribution in [0.25, 0.3) is 0 Å². The number of halogens is 1. The van der Waals surface area contributed by atoms with E-state index in [0.717, 1.165) is 31.9 Å². The summed E-state index contributed by atoms with van der Waals surface area (Å²) in [5.74, 6) is 0.0331. The van der Waals surface area contributed by atoms with E-state index in [1.807, 2.05) is 12.1 Å². The maximum atomic E-state index is 8.71. The highest BCUT2D eigenvalue weighted by atomic mass is 35.5. The molecule has 1 aliphatic rings. The van der Waals surface area contributed by atoms with Gasteiger partial charge in [-0.05, 0) is 31.7 Å². The predicted octanol–water partition coefficient (Wildman–Crippen LogP) is 1.96. The summed E-state index contributed by atoms with van der Waals surface area (Å²) in [5.41, 5.74) is 7.21. The molecule has 20 heavy (non-hydrogen) atoms. The van der Waals surface area contributed by atoms with E-state index in [4.69, 9.17) is 22.5 Å². The number of anilines is 1. The second kappa shape index (κ2) is 6.33. The van der Waals surface area contributed by atoms with Gasteiger partial charge in [0.05, 0.1) is 5.02 Å². The summed E-state index contributed by atoms with van der Waals surface area (Å²) in [6.45, 7) is 8.52. The fraction of sp³-hybridized carbons (Fsp3) is 0.500. The molecule has 3 N–H and O–H groups in total. The number of benzene rings is 1. The van der Waals surface area contributed by atoms with E-state index < -0.39 is 0 Å². The van der Waals surface area contributed by atoms with Gasteiger partial charge < -0.3 is 15.8 Å². The SMILES string of the molecule is CCN1CCN(c2ccc(C(N)=NO)c(Cl)c2)CC1C. The zero-order valence-corrected chi connectivity index (χ0v) is 12.6. The molecule has 0 saturated carbocycles. The number of piperazine rings is 1. The van der Waals surface area contributed by atoms with Crippen molar-refractivity contribution in [2.45, 2.75) is 19.9 Å². The van der Waals surface area contributed by atoms with E-state index in [1.165, 1.54) is 0 Å². The lowest BCUT2D eigenvalue weighted by Gasteiger charge is -2.40. The molecule has 0 spiro atoms. The van der Waals surface area contributed by atoms with Crippen molar-refractivity contribution >= 4 is 23.1 Å². The molecule has 1 aromatic carbocycles. The molecular weight excluding hydrogens is 276 g/mol. The Bertz CT molecular complexity index is 506. The van der Waals surface area contributed by atoms with Crippen molar-refractivity contribution in [3.8, 4) is 0 Å². The Morgan fingerprint density at radius 3 is 2.80 bits per heavy atom. The molecule has 0 bridgehead atoms. The van der Waals surface area contributed by atoms with Crippen molar-refractivity contribution in [3.05, 3.63) is 28.8 Å². The molecule has 1 atom stereocenters. The summed E-state index contributed by atoms with van der Waals surface area (Å²) in [7, 11) is 0. The minimum absolute atomic E-state index is 0.0331. The van der Waals surface area contributed by atoms with E-state index >= 15 is 0 Å². The van der Waals surface area contributed by atoms with Crippen molar-refractivity contribution in [1.29, 1.82) is 0 Å². The predicted molar refractivity (Wildman–Crippen MR) is 82.9 cm³/mol. The highest BCUT2D eigenvalue weighted by Gasteiger charge is 2.22. The third kappa shape index (κ3) is 2.99. The van der Waals surface area contributed by atoms with E-state index in [9.17, 15) is 0 Å². The van der Waals surface area contributed by atoms with Gasteiger partial charge in [0, 0.05) is 36.9 Å². The number of hydrogen-bond donors (Lipinski definition) is 2. The lowest BCUT2D eigenvalue weighted by Crippen LogP contribution is -2.51. The van der Waals surface area contributed by atoms with Crippen LogP contribution < -0.4 is 10.6 Å². The summed E-state index contributed by atoms with van der Waals surface area (Å²) in [6.07, 6.45) is 0. The molecular formula is C14H21ClN4O. The Balaban J connectivity index is 2.17. The monoisotopic (exact) mass is 296 g/mol. The van der Waals surface area contributed by atoms with Gasteiger partial charge in [0.1, 0.15) is 0 Å². The average molecular weight is 297 g/mol. The second-order valence-corrected chi connectivity index (χ2v) is 5.48. The first-order valence-electron chi connectivity index (χ1n) is 6.83. The van der Waals surface area contributed by atoms with Crippen LogP contribution >= 0.6 is 11.6 Å². The quantitative estimate of drug-likeness (QED) is 0.387. The minimum atomic E-state index is 0.0331. The number of hydrogen-bond acceptors (Lipinski definition) is 4. The van der Waals surface area contributed by atoms with Crippen molar-refractivity contribution in [3.63, 3.8) is 0 Å². The molecule has 0 aliphatic carbocycles. The molecule has 6 heteroatoms. The van der Waals surface area contributed by atoms with Gasteiger partial charge in [0.2, 0.25) is 0 Å². The van der Waals surface area contributed by atoms with Crippen molar-refractivity contribution < 1.29 is 5.21 Å². The summed E-state index contributed by atoms with van der Waals surface area (Å²) in [5, 5.41) is 12.2. The van der Waals surface area contributed by atoms with Crippen molar-refractivity contribution in [2.75, 3.05) is 31.1 Å². The van der Waals surface area contributed by atoms with E-state index in [1.54, 1.807) is 6.07 Å². The molecule has 0 radical (unpaired) electrons. The van der Waals surface area contributed by atoms with Gasteiger partial charge in [0.15, 0.2) is 5.84 Å². The maximum Gasteiger partial charge on any atom is 0.171 e. The molecule has 1 unspecified atom stereocenters. The van der Waals surface area contributed by atoms with Crippen LogP contribution in [0, 0.1) is 0 Å². The molecule has 1 fully saturated rings. The summed E-state index contributed by atoms with van der Waals surface area (Å²) in [6, 6.07) is 6.16. The fourth-order valence-electron chi connectivity index (χ4n) is 2.66. The molecule has 0 aromatic heterocycles. The smallest absolute Gasteiger partial charge is 0.171 e. The Kier molecular flexibility index (Phi) is 4.73. The number of rotatable bonds is 3. The lowest BCUT2D eigenvalue weighted by molar-refractivity contribution is 0.199. The minimum Gasteiger partial charge on any atom is -0.409 e. The first-order chi connectivity index (χ1) is 9.56. The van der Waals surface area contributed by atoms with Crippen LogP contribution in [0.1, 0.15) is 19.4 Å². The third-order valence-electron chi connectivity index (χ3n) is 3.87. The largest absolute Gasteiger partial charge is 0.409 e. The molecule has 2 rings (SSSR count). The van der Waals surface area contributed by atoms with Gasteiger partial charge in [-0.15, -0.1) is 0 Å². The second-order valence-electron chi connectivity index (χ2n) is 5.07. The van der Waals surface area contributed by atoms with E-state index in [-0.39, 0.29) is 5.84 Å². The third-order valence-corrected chi connectivity index (χ3v) is 4.19. The van der Waals surface area contributed by atoms with Gasteiger partial charge in [-0.3, -0.25) is 4.90 Å². The topological polar surface area (TPSA) is 65.1 Å². The normalized spacial score (nSPS) is 21.2. The van der Waals surface area contributed by atoms with Gasteiger partial charge >= 0.3 is 0 Å². The number of likely N-dealkylation sites (N-methyl/N-ethyl adjacent to an activating group) is 1. The van der Waals surface area contributed by atoms with Crippen LogP contribution in [0.15, 0.2) is 23.4 Å². The molecule has 110 valence electrons. The Morgan fingerprint density at radius 2 is 2.25 bits per heavy atom. The van der Waals surface area contributed by atoms with Crippen LogP contribution in [0.4, 0.5) is 5.69 Å². The highest BCUT2D eigenvalue weighted by Crippen LogP contribution is 2.25. The Morgan fingerprint density at radius 1 is 1.50 bits per heavy atom. The molecule has 1 aliphatic heterocycles. The first-order valence-corrected chi connectivity index (χ1v) is 7.21. The average Bonchev–Trinajstić information content (AvgIpc) is 2.46. The van der Waals surface area contributed by atoms with Gasteiger partial charge in [0.25, 0.3) is 0 Å². The summed E-state index contributed by atoms with van der Waals surface area (Å²) in [4.78, 5) is 4.78. The van der Waals surface area contributed by atoms with Crippen LogP contribution in [0.5, 0.6) is 0 Å². The van der Waals surface area contributed by atoms with Crippen molar-refractivity contribution in [2.24, 2.45) is 10.9 Å². The van der Waals surface area contributed by atoms with Crippen LogP contribution in [0.3, 0.4) is 0 Å². The molecule has 0 amide bonds. The van der Waals surface area contributed by atoms with Crippen molar-refractivity contribution in [1.82, 2.24) is 4.90 Å².